The first kappa shape index (κ1) is 39.1. The molecule has 1 unspecified atom stereocenters. The van der Waals surface area contributed by atoms with Gasteiger partial charge in [0.15, 0.2) is 5.82 Å². The normalized spacial score (nSPS) is 18.0. The third-order valence-corrected chi connectivity index (χ3v) is 11.8. The lowest BCUT2D eigenvalue weighted by molar-refractivity contribution is -0.135. The van der Waals surface area contributed by atoms with E-state index in [4.69, 9.17) is 4.74 Å². The number of hydrogen-bond acceptors (Lipinski definition) is 9. The Morgan fingerprint density at radius 3 is 2.37 bits per heavy atom. The number of aromatic nitrogens is 4. The number of carbonyl (C=O) groups excluding carboxylic acids is 3. The molecule has 310 valence electrons. The Kier molecular flexibility index (Phi) is 10.9. The first-order valence-electron chi connectivity index (χ1n) is 20.4. The maximum absolute atomic E-state index is 14.0. The van der Waals surface area contributed by atoms with Crippen LogP contribution >= 0.6 is 0 Å². The number of hydrogen-bond donors (Lipinski definition) is 4. The molecule has 3 amide bonds. The number of halogens is 2. The van der Waals surface area contributed by atoms with E-state index in [0.29, 0.717) is 71.8 Å². The highest BCUT2D eigenvalue weighted by molar-refractivity contribution is 6.11. The minimum atomic E-state index is -0.736. The number of anilines is 3. The van der Waals surface area contributed by atoms with Crippen molar-refractivity contribution < 1.29 is 27.9 Å². The summed E-state index contributed by atoms with van der Waals surface area (Å²) in [5.74, 6) is -2.03. The van der Waals surface area contributed by atoms with Crippen LogP contribution in [0.5, 0.6) is 0 Å². The molecule has 0 bridgehead atoms. The second kappa shape index (κ2) is 16.7. The van der Waals surface area contributed by atoms with E-state index in [0.717, 1.165) is 61.9 Å². The van der Waals surface area contributed by atoms with Crippen LogP contribution < -0.4 is 26.5 Å². The van der Waals surface area contributed by atoms with Crippen LogP contribution in [0.1, 0.15) is 53.2 Å². The van der Waals surface area contributed by atoms with E-state index < -0.39 is 23.6 Å². The number of fused-ring (bicyclic) bond motifs is 2. The number of aromatic amines is 1. The molecule has 0 radical (unpaired) electrons. The van der Waals surface area contributed by atoms with Gasteiger partial charge in [-0.3, -0.25) is 38.8 Å². The lowest BCUT2D eigenvalue weighted by Crippen LogP contribution is -2.48. The Morgan fingerprint density at radius 1 is 0.833 bits per heavy atom. The number of rotatable bonds is 11. The zero-order chi connectivity index (χ0) is 41.3. The van der Waals surface area contributed by atoms with Crippen molar-refractivity contribution in [2.45, 2.75) is 50.7 Å². The summed E-state index contributed by atoms with van der Waals surface area (Å²) >= 11 is 0. The van der Waals surface area contributed by atoms with Crippen LogP contribution in [0.25, 0.3) is 21.9 Å². The summed E-state index contributed by atoms with van der Waals surface area (Å²) in [6.07, 6.45) is 2.38. The maximum Gasteiger partial charge on any atom is 0.329 e. The van der Waals surface area contributed by atoms with Crippen LogP contribution in [-0.2, 0) is 27.3 Å². The highest BCUT2D eigenvalue weighted by Gasteiger charge is 2.32. The summed E-state index contributed by atoms with van der Waals surface area (Å²) in [5.41, 5.74) is 5.33. The van der Waals surface area contributed by atoms with Gasteiger partial charge in [-0.05, 0) is 91.4 Å². The third kappa shape index (κ3) is 8.12. The summed E-state index contributed by atoms with van der Waals surface area (Å²) in [4.78, 5) is 57.0. The van der Waals surface area contributed by atoms with Gasteiger partial charge in [-0.25, -0.2) is 13.6 Å². The summed E-state index contributed by atoms with van der Waals surface area (Å²) < 4.78 is 36.6. The molecule has 9 rings (SSSR count). The zero-order valence-corrected chi connectivity index (χ0v) is 32.9. The highest BCUT2D eigenvalue weighted by Crippen LogP contribution is 2.30. The molecule has 0 spiro atoms. The molecule has 3 fully saturated rings. The molecule has 6 aromatic rings. The Bertz CT molecular complexity index is 2640. The van der Waals surface area contributed by atoms with Gasteiger partial charge in [0.1, 0.15) is 17.7 Å². The molecular weight excluding hydrogens is 773 g/mol. The molecule has 60 heavy (non-hydrogen) atoms. The molecule has 1 atom stereocenters. The Morgan fingerprint density at radius 2 is 1.60 bits per heavy atom. The van der Waals surface area contributed by atoms with Gasteiger partial charge in [0.05, 0.1) is 22.1 Å². The number of ether oxygens (including phenoxy) is 1. The Labute approximate surface area is 343 Å². The third-order valence-electron chi connectivity index (χ3n) is 11.8. The number of piperazine rings is 1. The summed E-state index contributed by atoms with van der Waals surface area (Å²) in [7, 11) is 0. The number of imide groups is 1. The fourth-order valence-electron chi connectivity index (χ4n) is 8.65. The number of amides is 3. The van der Waals surface area contributed by atoms with Gasteiger partial charge in [-0.15, -0.1) is 0 Å². The number of piperidine rings is 1. The number of H-pyrrole nitrogens is 1. The monoisotopic (exact) mass is 817 g/mol. The predicted octanol–water partition coefficient (Wildman–Crippen LogP) is 5.19. The minimum absolute atomic E-state index is 0.128. The molecule has 0 saturated carbocycles. The molecule has 16 heteroatoms. The molecule has 2 aromatic heterocycles. The van der Waals surface area contributed by atoms with Crippen molar-refractivity contribution in [3.63, 3.8) is 0 Å². The second-order valence-corrected chi connectivity index (χ2v) is 15.7. The van der Waals surface area contributed by atoms with Crippen LogP contribution in [0.3, 0.4) is 0 Å². The number of nitrogens with zero attached hydrogens (tertiary/aromatic N) is 5. The average Bonchev–Trinajstić information content (AvgIpc) is 3.76. The average molecular weight is 818 g/mol. The number of para-hydroxylation sites is 2. The zero-order valence-electron chi connectivity index (χ0n) is 32.9. The van der Waals surface area contributed by atoms with E-state index in [1.165, 1.54) is 16.7 Å². The largest absolute Gasteiger partial charge is 0.381 e. The predicted molar refractivity (Wildman–Crippen MR) is 223 cm³/mol. The molecular formula is C44H45F2N9O5. The molecule has 4 aromatic carbocycles. The lowest BCUT2D eigenvalue weighted by atomic mass is 10.0. The van der Waals surface area contributed by atoms with Crippen LogP contribution in [0, 0.1) is 11.6 Å². The fourth-order valence-corrected chi connectivity index (χ4v) is 8.65. The van der Waals surface area contributed by atoms with Crippen LogP contribution in [0.15, 0.2) is 83.7 Å². The van der Waals surface area contributed by atoms with Crippen molar-refractivity contribution in [1.82, 2.24) is 29.5 Å². The van der Waals surface area contributed by atoms with E-state index in [1.54, 1.807) is 4.57 Å². The smallest absolute Gasteiger partial charge is 0.329 e. The van der Waals surface area contributed by atoms with Crippen molar-refractivity contribution >= 4 is 56.9 Å². The number of nitrogens with one attached hydrogen (secondary N) is 4. The van der Waals surface area contributed by atoms with E-state index in [2.05, 4.69) is 35.9 Å². The van der Waals surface area contributed by atoms with Crippen LogP contribution in [0.4, 0.5) is 26.0 Å². The number of carbonyl (C=O) groups is 3. The molecule has 14 nitrogen and oxygen atoms in total. The number of benzene rings is 4. The van der Waals surface area contributed by atoms with Crippen molar-refractivity contribution in [2.75, 3.05) is 61.5 Å². The van der Waals surface area contributed by atoms with Gasteiger partial charge in [-0.2, -0.15) is 5.10 Å². The Balaban J connectivity index is 0.890. The van der Waals surface area contributed by atoms with E-state index in [-0.39, 0.29) is 36.4 Å². The SMILES string of the molecule is O=C1CCC(n2c(=O)n(CCN3CCN(c4ccc(C(=O)Nc5n[nH]c6ccc(Cc7cc(F)cc(F)c7)cc56)c(NC5CCOCC5)c4)CC3)c3ccccc32)C(=O)N1. The van der Waals surface area contributed by atoms with Crippen molar-refractivity contribution in [3.8, 4) is 0 Å². The van der Waals surface area contributed by atoms with Gasteiger partial charge < -0.3 is 20.3 Å². The molecule has 5 heterocycles. The standard InChI is InChI=1S/C44H45F2N9O5/c45-29-22-28(23-30(46)25-29)21-27-5-8-35-34(24-27)41(51-50-35)49-42(57)33-7-6-32(26-36(33)47-31-11-19-60-20-12-31)53-16-13-52(14-17-53)15-18-54-37-3-1-2-4-38(37)55(44(54)59)39-9-10-40(56)48-43(39)58/h1-8,22-26,31,39,47H,9-21H2,(H,48,56,58)(H2,49,50,51,57). The first-order valence-corrected chi connectivity index (χ1v) is 20.4. The molecule has 4 N–H and O–H groups in total. The van der Waals surface area contributed by atoms with Crippen LogP contribution in [-0.4, -0.2) is 93.9 Å². The van der Waals surface area contributed by atoms with Gasteiger partial charge in [0, 0.05) is 87.8 Å². The van der Waals surface area contributed by atoms with Gasteiger partial charge in [0.2, 0.25) is 11.8 Å². The summed E-state index contributed by atoms with van der Waals surface area (Å²) in [6, 6.07) is 21.7. The molecule has 3 saturated heterocycles. The lowest BCUT2D eigenvalue weighted by Gasteiger charge is -2.36. The van der Waals surface area contributed by atoms with Crippen LogP contribution in [0.2, 0.25) is 0 Å². The summed E-state index contributed by atoms with van der Waals surface area (Å²) in [5, 5.41) is 17.0. The topological polar surface area (TPSA) is 159 Å². The van der Waals surface area contributed by atoms with Gasteiger partial charge >= 0.3 is 5.69 Å². The second-order valence-electron chi connectivity index (χ2n) is 15.7. The van der Waals surface area contributed by atoms with E-state index in [9.17, 15) is 28.0 Å². The van der Waals surface area contributed by atoms with Gasteiger partial charge in [0.25, 0.3) is 5.91 Å². The quantitative estimate of drug-likeness (QED) is 0.129. The number of imidazole rings is 1. The van der Waals surface area contributed by atoms with E-state index >= 15 is 0 Å². The minimum Gasteiger partial charge on any atom is -0.381 e. The highest BCUT2D eigenvalue weighted by atomic mass is 19.1. The molecule has 3 aliphatic heterocycles. The maximum atomic E-state index is 14.0. The molecule has 0 aliphatic carbocycles. The van der Waals surface area contributed by atoms with Crippen molar-refractivity contribution in [2.24, 2.45) is 0 Å². The van der Waals surface area contributed by atoms with E-state index in [1.807, 2.05) is 60.7 Å². The van der Waals surface area contributed by atoms with Gasteiger partial charge in [-0.1, -0.05) is 18.2 Å². The fraction of sp³-hybridized carbons (Fsp3) is 0.341. The first-order chi connectivity index (χ1) is 29.2. The van der Waals surface area contributed by atoms with Crippen molar-refractivity contribution in [3.05, 3.63) is 118 Å². The Hall–Kier alpha value is -6.39. The summed E-state index contributed by atoms with van der Waals surface area (Å²) in [6.45, 7) is 5.34. The van der Waals surface area contributed by atoms with Crippen molar-refractivity contribution in [1.29, 1.82) is 0 Å². The molecule has 3 aliphatic rings.